The van der Waals surface area contributed by atoms with E-state index in [9.17, 15) is 4.79 Å². The fraction of sp³-hybridized carbons (Fsp3) is 0.941. The molecular weight excluding hydrogens is 262 g/mol. The summed E-state index contributed by atoms with van der Waals surface area (Å²) in [4.78, 5) is 14.5. The van der Waals surface area contributed by atoms with Crippen molar-refractivity contribution in [1.29, 1.82) is 0 Å². The molecule has 0 heterocycles. The third-order valence-corrected chi connectivity index (χ3v) is 4.44. The summed E-state index contributed by atoms with van der Waals surface area (Å²) in [6.45, 7) is 11.4. The van der Waals surface area contributed by atoms with Crippen LogP contribution in [0, 0.1) is 0 Å². The predicted molar refractivity (Wildman–Crippen MR) is 89.5 cm³/mol. The molecule has 0 bridgehead atoms. The lowest BCUT2D eigenvalue weighted by Gasteiger charge is -2.38. The SMILES string of the molecule is CCCNC1CCC(N(C)C(C)C(=O)NC(C)(C)C)CC1. The average Bonchev–Trinajstić information content (AvgIpc) is 2.42. The van der Waals surface area contributed by atoms with Crippen molar-refractivity contribution in [3.63, 3.8) is 0 Å². The summed E-state index contributed by atoms with van der Waals surface area (Å²) in [5.74, 6) is 0.135. The Morgan fingerprint density at radius 2 is 1.81 bits per heavy atom. The number of nitrogens with one attached hydrogen (secondary N) is 2. The van der Waals surface area contributed by atoms with Crippen LogP contribution in [-0.2, 0) is 4.79 Å². The highest BCUT2D eigenvalue weighted by Crippen LogP contribution is 2.24. The van der Waals surface area contributed by atoms with Gasteiger partial charge in [0, 0.05) is 17.6 Å². The van der Waals surface area contributed by atoms with Crippen LogP contribution in [0.2, 0.25) is 0 Å². The molecule has 1 aliphatic rings. The van der Waals surface area contributed by atoms with E-state index in [0.29, 0.717) is 12.1 Å². The zero-order valence-electron chi connectivity index (χ0n) is 14.8. The van der Waals surface area contributed by atoms with Gasteiger partial charge in [-0.2, -0.15) is 0 Å². The highest BCUT2D eigenvalue weighted by Gasteiger charge is 2.29. The van der Waals surface area contributed by atoms with Crippen molar-refractivity contribution in [3.8, 4) is 0 Å². The fourth-order valence-corrected chi connectivity index (χ4v) is 3.01. The van der Waals surface area contributed by atoms with E-state index in [1.807, 2.05) is 27.7 Å². The Hall–Kier alpha value is -0.610. The molecule has 0 aromatic rings. The van der Waals surface area contributed by atoms with E-state index in [0.717, 1.165) is 6.54 Å². The molecule has 4 heteroatoms. The number of hydrogen-bond acceptors (Lipinski definition) is 3. The van der Waals surface area contributed by atoms with Gasteiger partial charge in [-0.3, -0.25) is 9.69 Å². The van der Waals surface area contributed by atoms with Gasteiger partial charge in [-0.05, 0) is 73.4 Å². The lowest BCUT2D eigenvalue weighted by Crippen LogP contribution is -2.53. The van der Waals surface area contributed by atoms with Crippen molar-refractivity contribution in [2.45, 2.75) is 90.4 Å². The highest BCUT2D eigenvalue weighted by molar-refractivity contribution is 5.81. The molecule has 1 rings (SSSR count). The second kappa shape index (κ2) is 8.14. The van der Waals surface area contributed by atoms with E-state index in [1.165, 1.54) is 32.1 Å². The number of amides is 1. The Bertz CT molecular complexity index is 316. The lowest BCUT2D eigenvalue weighted by molar-refractivity contribution is -0.127. The van der Waals surface area contributed by atoms with E-state index in [-0.39, 0.29) is 17.5 Å². The van der Waals surface area contributed by atoms with Gasteiger partial charge in [-0.25, -0.2) is 0 Å². The Morgan fingerprint density at radius 3 is 2.29 bits per heavy atom. The smallest absolute Gasteiger partial charge is 0.237 e. The first kappa shape index (κ1) is 18.4. The first-order valence-corrected chi connectivity index (χ1v) is 8.52. The van der Waals surface area contributed by atoms with Crippen molar-refractivity contribution >= 4 is 5.91 Å². The van der Waals surface area contributed by atoms with E-state index >= 15 is 0 Å². The van der Waals surface area contributed by atoms with Gasteiger partial charge in [0.2, 0.25) is 5.91 Å². The standard InChI is InChI=1S/C17H35N3O/c1-7-12-18-14-8-10-15(11-9-14)20(6)13(2)16(21)19-17(3,4)5/h13-15,18H,7-12H2,1-6H3,(H,19,21). The van der Waals surface area contributed by atoms with Crippen molar-refractivity contribution in [2.24, 2.45) is 0 Å². The number of carbonyl (C=O) groups is 1. The van der Waals surface area contributed by atoms with Crippen molar-refractivity contribution in [1.82, 2.24) is 15.5 Å². The minimum absolute atomic E-state index is 0.0608. The van der Waals surface area contributed by atoms with Crippen LogP contribution in [0.1, 0.15) is 66.7 Å². The van der Waals surface area contributed by atoms with Gasteiger partial charge in [-0.15, -0.1) is 0 Å². The second-order valence-electron chi connectivity index (χ2n) is 7.54. The van der Waals surface area contributed by atoms with Crippen LogP contribution >= 0.6 is 0 Å². The third kappa shape index (κ3) is 6.35. The van der Waals surface area contributed by atoms with Gasteiger partial charge in [0.25, 0.3) is 0 Å². The number of nitrogens with zero attached hydrogens (tertiary/aromatic N) is 1. The van der Waals surface area contributed by atoms with Crippen molar-refractivity contribution in [2.75, 3.05) is 13.6 Å². The molecule has 0 spiro atoms. The van der Waals surface area contributed by atoms with Gasteiger partial charge in [0.1, 0.15) is 0 Å². The molecule has 1 amide bonds. The minimum Gasteiger partial charge on any atom is -0.350 e. The second-order valence-corrected chi connectivity index (χ2v) is 7.54. The molecule has 0 saturated heterocycles. The van der Waals surface area contributed by atoms with Crippen LogP contribution in [0.3, 0.4) is 0 Å². The molecule has 1 atom stereocenters. The zero-order chi connectivity index (χ0) is 16.0. The Morgan fingerprint density at radius 1 is 1.24 bits per heavy atom. The topological polar surface area (TPSA) is 44.4 Å². The van der Waals surface area contributed by atoms with Gasteiger partial charge >= 0.3 is 0 Å². The van der Waals surface area contributed by atoms with Crippen LogP contribution in [0.5, 0.6) is 0 Å². The largest absolute Gasteiger partial charge is 0.350 e. The first-order valence-electron chi connectivity index (χ1n) is 8.52. The Labute approximate surface area is 131 Å². The van der Waals surface area contributed by atoms with E-state index < -0.39 is 0 Å². The highest BCUT2D eigenvalue weighted by atomic mass is 16.2. The molecule has 1 aliphatic carbocycles. The molecular formula is C17H35N3O. The number of likely N-dealkylation sites (N-methyl/N-ethyl adjacent to an activating group) is 1. The van der Waals surface area contributed by atoms with E-state index in [1.54, 1.807) is 0 Å². The van der Waals surface area contributed by atoms with Crippen LogP contribution in [0.25, 0.3) is 0 Å². The summed E-state index contributed by atoms with van der Waals surface area (Å²) in [6, 6.07) is 1.15. The summed E-state index contributed by atoms with van der Waals surface area (Å²) >= 11 is 0. The molecule has 1 fully saturated rings. The van der Waals surface area contributed by atoms with E-state index in [4.69, 9.17) is 0 Å². The maximum Gasteiger partial charge on any atom is 0.237 e. The normalized spacial score (nSPS) is 24.9. The zero-order valence-corrected chi connectivity index (χ0v) is 14.8. The average molecular weight is 297 g/mol. The van der Waals surface area contributed by atoms with Gasteiger partial charge in [0.05, 0.1) is 6.04 Å². The molecule has 1 unspecified atom stereocenters. The van der Waals surface area contributed by atoms with Crippen LogP contribution < -0.4 is 10.6 Å². The maximum absolute atomic E-state index is 12.3. The molecule has 2 N–H and O–H groups in total. The molecule has 4 nitrogen and oxygen atoms in total. The van der Waals surface area contributed by atoms with Crippen LogP contribution in [-0.4, -0.2) is 48.1 Å². The maximum atomic E-state index is 12.3. The Kier molecular flexibility index (Phi) is 7.14. The van der Waals surface area contributed by atoms with Crippen LogP contribution in [0.15, 0.2) is 0 Å². The van der Waals surface area contributed by atoms with Gasteiger partial charge in [0.15, 0.2) is 0 Å². The summed E-state index contributed by atoms with van der Waals surface area (Å²) in [6.07, 6.45) is 6.02. The molecule has 124 valence electrons. The molecule has 0 aliphatic heterocycles. The molecule has 0 aromatic heterocycles. The van der Waals surface area contributed by atoms with Crippen molar-refractivity contribution in [3.05, 3.63) is 0 Å². The summed E-state index contributed by atoms with van der Waals surface area (Å²) in [5.41, 5.74) is -0.159. The first-order chi connectivity index (χ1) is 9.74. The quantitative estimate of drug-likeness (QED) is 0.792. The summed E-state index contributed by atoms with van der Waals surface area (Å²) < 4.78 is 0. The van der Waals surface area contributed by atoms with Gasteiger partial charge < -0.3 is 10.6 Å². The fourth-order valence-electron chi connectivity index (χ4n) is 3.01. The van der Waals surface area contributed by atoms with Crippen LogP contribution in [0.4, 0.5) is 0 Å². The number of rotatable bonds is 6. The predicted octanol–water partition coefficient (Wildman–Crippen LogP) is 2.53. The summed E-state index contributed by atoms with van der Waals surface area (Å²) in [5, 5.41) is 6.70. The van der Waals surface area contributed by atoms with Crippen molar-refractivity contribution < 1.29 is 4.79 Å². The summed E-state index contributed by atoms with van der Waals surface area (Å²) in [7, 11) is 2.09. The molecule has 0 radical (unpaired) electrons. The molecule has 1 saturated carbocycles. The molecule has 0 aromatic carbocycles. The lowest BCUT2D eigenvalue weighted by atomic mass is 9.89. The Balaban J connectivity index is 2.42. The van der Waals surface area contributed by atoms with E-state index in [2.05, 4.69) is 29.5 Å². The monoisotopic (exact) mass is 297 g/mol. The van der Waals surface area contributed by atoms with Gasteiger partial charge in [-0.1, -0.05) is 6.92 Å². The number of hydrogen-bond donors (Lipinski definition) is 2. The number of carbonyl (C=O) groups excluding carboxylic acids is 1. The minimum atomic E-state index is -0.159. The molecule has 21 heavy (non-hydrogen) atoms. The third-order valence-electron chi connectivity index (χ3n) is 4.44.